The Labute approximate surface area is 210 Å². The number of aryl methyl sites for hydroxylation is 2. The van der Waals surface area contributed by atoms with Crippen molar-refractivity contribution in [3.63, 3.8) is 0 Å². The molecule has 1 saturated heterocycles. The number of fused-ring (bicyclic) bond motifs is 2. The predicted molar refractivity (Wildman–Crippen MR) is 141 cm³/mol. The van der Waals surface area contributed by atoms with Crippen LogP contribution < -0.4 is 5.73 Å². The number of ether oxygens (including phenoxy) is 1. The van der Waals surface area contributed by atoms with Crippen molar-refractivity contribution in [2.75, 3.05) is 26.0 Å². The molecule has 5 rings (SSSR count). The van der Waals surface area contributed by atoms with Gasteiger partial charge in [0, 0.05) is 51.3 Å². The zero-order chi connectivity index (χ0) is 25.4. The number of rotatable bonds is 5. The van der Waals surface area contributed by atoms with Crippen molar-refractivity contribution in [3.05, 3.63) is 66.3 Å². The van der Waals surface area contributed by atoms with Crippen LogP contribution in [0, 0.1) is 18.8 Å². The normalized spacial score (nSPS) is 17.5. The van der Waals surface area contributed by atoms with Crippen LogP contribution in [-0.2, 0) is 16.6 Å². The molecule has 1 aromatic carbocycles. The predicted octanol–water partition coefficient (Wildman–Crippen LogP) is 3.58. The number of aromatic nitrogens is 4. The Bertz CT molecular complexity index is 1540. The number of nitrogens with two attached hydrogens (primary N) is 1. The molecule has 2 N–H and O–H groups in total. The largest absolute Gasteiger partial charge is 0.385 e. The van der Waals surface area contributed by atoms with Crippen molar-refractivity contribution in [2.24, 2.45) is 7.05 Å². The fourth-order valence-corrected chi connectivity index (χ4v) is 5.16. The Balaban J connectivity index is 1.53. The minimum atomic E-state index is -0.0583. The van der Waals surface area contributed by atoms with Gasteiger partial charge in [0.05, 0.1) is 33.5 Å². The van der Waals surface area contributed by atoms with E-state index in [2.05, 4.69) is 43.6 Å². The summed E-state index contributed by atoms with van der Waals surface area (Å²) >= 11 is 0. The summed E-state index contributed by atoms with van der Waals surface area (Å²) in [4.78, 5) is 23.3. The van der Waals surface area contributed by atoms with E-state index in [1.165, 1.54) is 6.08 Å². The average molecular weight is 483 g/mol. The van der Waals surface area contributed by atoms with Gasteiger partial charge in [0.2, 0.25) is 5.91 Å². The molecule has 0 saturated carbocycles. The van der Waals surface area contributed by atoms with E-state index in [1.807, 2.05) is 43.3 Å². The van der Waals surface area contributed by atoms with E-state index in [0.717, 1.165) is 51.7 Å². The van der Waals surface area contributed by atoms with Gasteiger partial charge < -0.3 is 24.5 Å². The highest BCUT2D eigenvalue weighted by atomic mass is 16.5. The highest BCUT2D eigenvalue weighted by molar-refractivity contribution is 5.95. The van der Waals surface area contributed by atoms with Crippen LogP contribution in [0.15, 0.2) is 49.3 Å². The van der Waals surface area contributed by atoms with Crippen molar-refractivity contribution in [2.45, 2.75) is 31.8 Å². The summed E-state index contributed by atoms with van der Waals surface area (Å²) in [5.41, 5.74) is 11.0. The first-order valence-corrected chi connectivity index (χ1v) is 12.0. The lowest BCUT2D eigenvalue weighted by atomic mass is 10.1. The quantitative estimate of drug-likeness (QED) is 0.347. The number of nitrogens with zero attached hydrogens (tertiary/aromatic N) is 5. The van der Waals surface area contributed by atoms with Crippen LogP contribution >= 0.6 is 0 Å². The summed E-state index contributed by atoms with van der Waals surface area (Å²) in [5.74, 6) is 7.98. The standard InChI is InChI=1S/C28H30N6O2/c1-5-26(35)34-17-22(15-21(34)11-13-36-4)33-16-20(27-24(33)10-12-30-28(27)29)8-6-19-7-9-23-25(14-19)32(3)18(2)31-23/h5,7,9-10,12,14,16,21-22H,1,11,13,15,17H2,2-4H3,(H2,29,30)/t21-,22-/m0/s1. The zero-order valence-corrected chi connectivity index (χ0v) is 20.9. The summed E-state index contributed by atoms with van der Waals surface area (Å²) in [6.45, 7) is 6.86. The summed E-state index contributed by atoms with van der Waals surface area (Å²) in [7, 11) is 3.68. The van der Waals surface area contributed by atoms with Crippen LogP contribution in [0.2, 0.25) is 0 Å². The summed E-state index contributed by atoms with van der Waals surface area (Å²) in [6, 6.07) is 8.17. The van der Waals surface area contributed by atoms with E-state index in [-0.39, 0.29) is 18.0 Å². The monoisotopic (exact) mass is 482 g/mol. The molecule has 8 nitrogen and oxygen atoms in total. The maximum Gasteiger partial charge on any atom is 0.246 e. The van der Waals surface area contributed by atoms with Gasteiger partial charge >= 0.3 is 0 Å². The molecule has 2 atom stereocenters. The van der Waals surface area contributed by atoms with Gasteiger partial charge in [0.15, 0.2) is 0 Å². The third-order valence-electron chi connectivity index (χ3n) is 7.12. The second-order valence-corrected chi connectivity index (χ2v) is 9.23. The van der Waals surface area contributed by atoms with Crippen molar-refractivity contribution < 1.29 is 9.53 Å². The van der Waals surface area contributed by atoms with Gasteiger partial charge in [0.25, 0.3) is 0 Å². The Morgan fingerprint density at radius 2 is 2.14 bits per heavy atom. The zero-order valence-electron chi connectivity index (χ0n) is 20.9. The van der Waals surface area contributed by atoms with Gasteiger partial charge in [-0.05, 0) is 50.1 Å². The Morgan fingerprint density at radius 3 is 2.92 bits per heavy atom. The first-order chi connectivity index (χ1) is 17.4. The molecular weight excluding hydrogens is 452 g/mol. The fraction of sp³-hybridized carbons (Fsp3) is 0.321. The van der Waals surface area contributed by atoms with Crippen molar-refractivity contribution in [3.8, 4) is 11.8 Å². The lowest BCUT2D eigenvalue weighted by Crippen LogP contribution is -2.35. The minimum absolute atomic E-state index is 0.0583. The Kier molecular flexibility index (Phi) is 6.25. The highest BCUT2D eigenvalue weighted by Gasteiger charge is 2.35. The van der Waals surface area contributed by atoms with Crippen LogP contribution in [0.25, 0.3) is 21.9 Å². The highest BCUT2D eigenvalue weighted by Crippen LogP contribution is 2.35. The number of methoxy groups -OCH3 is 1. The lowest BCUT2D eigenvalue weighted by molar-refractivity contribution is -0.127. The van der Waals surface area contributed by atoms with Gasteiger partial charge in [0.1, 0.15) is 11.6 Å². The fourth-order valence-electron chi connectivity index (χ4n) is 5.16. The van der Waals surface area contributed by atoms with E-state index >= 15 is 0 Å². The van der Waals surface area contributed by atoms with E-state index in [1.54, 1.807) is 13.3 Å². The molecule has 36 heavy (non-hydrogen) atoms. The SMILES string of the molecule is C=CC(=O)N1C[C@@H](n2cc(C#Cc3ccc4nc(C)n(C)c4c3)c3c(N)nccc32)C[C@@H]1CCOC. The molecule has 0 aliphatic carbocycles. The smallest absolute Gasteiger partial charge is 0.246 e. The summed E-state index contributed by atoms with van der Waals surface area (Å²) < 4.78 is 9.54. The number of imidazole rings is 1. The molecule has 0 bridgehead atoms. The minimum Gasteiger partial charge on any atom is -0.385 e. The molecule has 8 heteroatoms. The number of hydrogen-bond acceptors (Lipinski definition) is 5. The number of benzene rings is 1. The van der Waals surface area contributed by atoms with Crippen LogP contribution in [0.4, 0.5) is 5.82 Å². The molecule has 1 fully saturated rings. The topological polar surface area (TPSA) is 91.2 Å². The van der Waals surface area contributed by atoms with Crippen LogP contribution in [0.3, 0.4) is 0 Å². The number of likely N-dealkylation sites (tertiary alicyclic amines) is 1. The molecule has 0 unspecified atom stereocenters. The number of amides is 1. The summed E-state index contributed by atoms with van der Waals surface area (Å²) in [5, 5.41) is 0.837. The molecule has 1 amide bonds. The van der Waals surface area contributed by atoms with Gasteiger partial charge in [-0.15, -0.1) is 0 Å². The van der Waals surface area contributed by atoms with Crippen molar-refractivity contribution >= 4 is 33.7 Å². The second-order valence-electron chi connectivity index (χ2n) is 9.23. The number of anilines is 1. The molecule has 4 aromatic rings. The van der Waals surface area contributed by atoms with E-state index in [4.69, 9.17) is 10.5 Å². The average Bonchev–Trinajstić information content (AvgIpc) is 3.55. The number of carbonyl (C=O) groups excluding carboxylic acids is 1. The van der Waals surface area contributed by atoms with Crippen molar-refractivity contribution in [1.29, 1.82) is 0 Å². The van der Waals surface area contributed by atoms with E-state index in [0.29, 0.717) is 19.0 Å². The van der Waals surface area contributed by atoms with Gasteiger partial charge in [-0.2, -0.15) is 0 Å². The van der Waals surface area contributed by atoms with Crippen LogP contribution in [0.1, 0.15) is 35.8 Å². The molecule has 3 aromatic heterocycles. The van der Waals surface area contributed by atoms with Crippen molar-refractivity contribution in [1.82, 2.24) is 24.0 Å². The number of pyridine rings is 1. The lowest BCUT2D eigenvalue weighted by Gasteiger charge is -2.22. The molecule has 4 heterocycles. The molecule has 184 valence electrons. The maximum atomic E-state index is 12.6. The first kappa shape index (κ1) is 23.6. The Morgan fingerprint density at radius 1 is 1.31 bits per heavy atom. The van der Waals surface area contributed by atoms with E-state index in [9.17, 15) is 4.79 Å². The number of carbonyl (C=O) groups is 1. The number of nitrogen functional groups attached to an aromatic ring is 1. The van der Waals surface area contributed by atoms with E-state index < -0.39 is 0 Å². The van der Waals surface area contributed by atoms with Crippen LogP contribution in [0.5, 0.6) is 0 Å². The second kappa shape index (κ2) is 9.51. The third-order valence-corrected chi connectivity index (χ3v) is 7.12. The number of hydrogen-bond donors (Lipinski definition) is 1. The molecular formula is C28H30N6O2. The van der Waals surface area contributed by atoms with Gasteiger partial charge in [-0.25, -0.2) is 9.97 Å². The van der Waals surface area contributed by atoms with Crippen LogP contribution in [-0.4, -0.2) is 56.2 Å². The first-order valence-electron chi connectivity index (χ1n) is 12.0. The molecule has 1 aliphatic heterocycles. The van der Waals surface area contributed by atoms with Gasteiger partial charge in [-0.1, -0.05) is 18.4 Å². The molecule has 0 radical (unpaired) electrons. The van der Waals surface area contributed by atoms with Gasteiger partial charge in [-0.3, -0.25) is 4.79 Å². The third kappa shape index (κ3) is 4.12. The molecule has 1 aliphatic rings. The molecule has 0 spiro atoms. The maximum absolute atomic E-state index is 12.6. The Hall–Kier alpha value is -4.09. The summed E-state index contributed by atoms with van der Waals surface area (Å²) in [6.07, 6.45) is 6.74.